The molecule has 9 heteroatoms. The third kappa shape index (κ3) is 4.87. The number of amides is 1. The number of anilines is 1. The van der Waals surface area contributed by atoms with Crippen molar-refractivity contribution in [2.24, 2.45) is 0 Å². The minimum atomic E-state index is -0.319. The summed E-state index contributed by atoms with van der Waals surface area (Å²) in [6.07, 6.45) is 0.115. The molecule has 0 saturated carbocycles. The van der Waals surface area contributed by atoms with Gasteiger partial charge in [-0.25, -0.2) is 9.37 Å². The van der Waals surface area contributed by atoms with Crippen LogP contribution in [0.4, 0.5) is 10.1 Å². The van der Waals surface area contributed by atoms with E-state index in [9.17, 15) is 9.18 Å². The summed E-state index contributed by atoms with van der Waals surface area (Å²) < 4.78 is 24.0. The van der Waals surface area contributed by atoms with Crippen LogP contribution in [0.1, 0.15) is 16.6 Å². The smallest absolute Gasteiger partial charge is 0.249 e. The maximum Gasteiger partial charge on any atom is 0.249 e. The number of aryl methyl sites for hydroxylation is 1. The molecule has 0 spiro atoms. The first-order chi connectivity index (χ1) is 14.6. The summed E-state index contributed by atoms with van der Waals surface area (Å²) in [6, 6.07) is 13.0. The van der Waals surface area contributed by atoms with Crippen molar-refractivity contribution >= 4 is 22.9 Å². The quantitative estimate of drug-likeness (QED) is 0.473. The zero-order chi connectivity index (χ0) is 20.9. The Morgan fingerprint density at radius 2 is 1.97 bits per heavy atom. The van der Waals surface area contributed by atoms with E-state index in [1.54, 1.807) is 31.2 Å². The molecule has 0 fully saturated rings. The number of para-hydroxylation sites is 1. The Morgan fingerprint density at radius 1 is 1.17 bits per heavy atom. The highest BCUT2D eigenvalue weighted by Gasteiger charge is 2.14. The highest BCUT2D eigenvalue weighted by molar-refractivity contribution is 7.09. The molecule has 2 heterocycles. The summed E-state index contributed by atoms with van der Waals surface area (Å²) in [5.41, 5.74) is 1.88. The van der Waals surface area contributed by atoms with Crippen LogP contribution >= 0.6 is 11.3 Å². The van der Waals surface area contributed by atoms with Crippen LogP contribution < -0.4 is 10.1 Å². The topological polar surface area (TPSA) is 90.1 Å². The van der Waals surface area contributed by atoms with Crippen LogP contribution in [0.2, 0.25) is 0 Å². The van der Waals surface area contributed by atoms with Crippen molar-refractivity contribution in [3.63, 3.8) is 0 Å². The maximum atomic E-state index is 12.9. The number of nitrogens with zero attached hydrogens (tertiary/aromatic N) is 3. The Labute approximate surface area is 175 Å². The van der Waals surface area contributed by atoms with Crippen LogP contribution in [0, 0.1) is 12.7 Å². The lowest BCUT2D eigenvalue weighted by atomic mass is 10.1. The van der Waals surface area contributed by atoms with E-state index in [2.05, 4.69) is 20.5 Å². The first-order valence-corrected chi connectivity index (χ1v) is 9.96. The zero-order valence-electron chi connectivity index (χ0n) is 16.0. The van der Waals surface area contributed by atoms with Gasteiger partial charge in [-0.05, 0) is 36.4 Å². The molecule has 0 radical (unpaired) electrons. The Bertz CT molecular complexity index is 1160. The predicted octanol–water partition coefficient (Wildman–Crippen LogP) is 4.40. The summed E-state index contributed by atoms with van der Waals surface area (Å²) in [6.45, 7) is 1.95. The Morgan fingerprint density at radius 3 is 2.73 bits per heavy atom. The fraction of sp³-hybridized carbons (Fsp3) is 0.143. The van der Waals surface area contributed by atoms with E-state index >= 15 is 0 Å². The molecule has 0 aliphatic heterocycles. The lowest BCUT2D eigenvalue weighted by Crippen LogP contribution is -2.15. The van der Waals surface area contributed by atoms with E-state index < -0.39 is 0 Å². The van der Waals surface area contributed by atoms with Crippen molar-refractivity contribution in [1.29, 1.82) is 0 Å². The number of carbonyl (C=O) groups is 1. The van der Waals surface area contributed by atoms with Gasteiger partial charge in [0.25, 0.3) is 0 Å². The number of ether oxygens (including phenoxy) is 1. The SMILES string of the molecule is Cc1nnc(-c2ccccc2NC(=O)Cc2csc(COc3ccc(F)cc3)n2)o1. The lowest BCUT2D eigenvalue weighted by Gasteiger charge is -2.08. The van der Waals surface area contributed by atoms with E-state index in [1.165, 1.54) is 23.5 Å². The van der Waals surface area contributed by atoms with Crippen molar-refractivity contribution in [2.45, 2.75) is 20.0 Å². The molecule has 0 atom stereocenters. The van der Waals surface area contributed by atoms with Gasteiger partial charge in [-0.15, -0.1) is 21.5 Å². The van der Waals surface area contributed by atoms with Gasteiger partial charge < -0.3 is 14.5 Å². The molecule has 0 aliphatic carbocycles. The molecule has 7 nitrogen and oxygen atoms in total. The molecule has 0 saturated heterocycles. The van der Waals surface area contributed by atoms with Crippen LogP contribution in [0.25, 0.3) is 11.5 Å². The van der Waals surface area contributed by atoms with E-state index in [0.29, 0.717) is 34.5 Å². The molecule has 0 bridgehead atoms. The van der Waals surface area contributed by atoms with Gasteiger partial charge in [0.1, 0.15) is 23.2 Å². The predicted molar refractivity (Wildman–Crippen MR) is 110 cm³/mol. The number of nitrogens with one attached hydrogen (secondary N) is 1. The molecule has 2 aromatic heterocycles. The molecule has 30 heavy (non-hydrogen) atoms. The first-order valence-electron chi connectivity index (χ1n) is 9.08. The van der Waals surface area contributed by atoms with E-state index in [-0.39, 0.29) is 24.8 Å². The fourth-order valence-electron chi connectivity index (χ4n) is 2.72. The summed E-state index contributed by atoms with van der Waals surface area (Å²) in [7, 11) is 0. The van der Waals surface area contributed by atoms with Gasteiger partial charge in [-0.1, -0.05) is 12.1 Å². The van der Waals surface area contributed by atoms with E-state index in [1.807, 2.05) is 17.5 Å². The fourth-order valence-corrected chi connectivity index (χ4v) is 3.42. The lowest BCUT2D eigenvalue weighted by molar-refractivity contribution is -0.115. The van der Waals surface area contributed by atoms with Gasteiger partial charge in [0.05, 0.1) is 23.4 Å². The highest BCUT2D eigenvalue weighted by atomic mass is 32.1. The van der Waals surface area contributed by atoms with E-state index in [0.717, 1.165) is 5.01 Å². The average Bonchev–Trinajstić information content (AvgIpc) is 3.37. The van der Waals surface area contributed by atoms with Gasteiger partial charge in [0.15, 0.2) is 0 Å². The Balaban J connectivity index is 1.37. The van der Waals surface area contributed by atoms with E-state index in [4.69, 9.17) is 9.15 Å². The minimum absolute atomic E-state index is 0.115. The molecular weight excluding hydrogens is 407 g/mol. The number of benzene rings is 2. The van der Waals surface area contributed by atoms with Crippen molar-refractivity contribution in [2.75, 3.05) is 5.32 Å². The van der Waals surface area contributed by atoms with Crippen molar-refractivity contribution in [3.05, 3.63) is 76.3 Å². The minimum Gasteiger partial charge on any atom is -0.486 e. The van der Waals surface area contributed by atoms with Gasteiger partial charge in [0, 0.05) is 12.3 Å². The standard InChI is InChI=1S/C21H17FN4O3S/c1-13-25-26-21(29-13)17-4-2-3-5-18(17)24-19(27)10-15-12-30-20(23-15)11-28-16-8-6-14(22)7-9-16/h2-9,12H,10-11H2,1H3,(H,24,27). The zero-order valence-corrected chi connectivity index (χ0v) is 16.8. The number of halogens is 1. The van der Waals surface area contributed by atoms with Crippen molar-refractivity contribution in [3.8, 4) is 17.2 Å². The highest BCUT2D eigenvalue weighted by Crippen LogP contribution is 2.27. The third-order valence-corrected chi connectivity index (χ3v) is 4.95. The number of hydrogen-bond donors (Lipinski definition) is 1. The molecule has 0 aliphatic rings. The second kappa shape index (κ2) is 8.83. The van der Waals surface area contributed by atoms with Crippen LogP contribution in [0.5, 0.6) is 5.75 Å². The third-order valence-electron chi connectivity index (χ3n) is 4.07. The molecule has 4 rings (SSSR count). The molecular formula is C21H17FN4O3S. The van der Waals surface area contributed by atoms with Crippen LogP contribution in [0.3, 0.4) is 0 Å². The van der Waals surface area contributed by atoms with Gasteiger partial charge in [0.2, 0.25) is 17.7 Å². The Kier molecular flexibility index (Phi) is 5.80. The van der Waals surface area contributed by atoms with Crippen LogP contribution in [0.15, 0.2) is 58.3 Å². The number of carbonyl (C=O) groups excluding carboxylic acids is 1. The summed E-state index contributed by atoms with van der Waals surface area (Å²) in [4.78, 5) is 16.9. The second-order valence-corrected chi connectivity index (χ2v) is 7.31. The summed E-state index contributed by atoms with van der Waals surface area (Å²) in [5, 5.41) is 13.2. The maximum absolute atomic E-state index is 12.9. The molecule has 4 aromatic rings. The number of thiazole rings is 1. The average molecular weight is 424 g/mol. The van der Waals surface area contributed by atoms with Crippen LogP contribution in [-0.4, -0.2) is 21.1 Å². The van der Waals surface area contributed by atoms with Gasteiger partial charge in [-0.3, -0.25) is 4.79 Å². The summed E-state index contributed by atoms with van der Waals surface area (Å²) in [5.74, 6) is 0.815. The summed E-state index contributed by atoms with van der Waals surface area (Å²) >= 11 is 1.40. The van der Waals surface area contributed by atoms with Crippen molar-refractivity contribution < 1.29 is 18.3 Å². The molecule has 0 unspecified atom stereocenters. The van der Waals surface area contributed by atoms with Gasteiger partial charge in [-0.2, -0.15) is 0 Å². The number of rotatable bonds is 7. The van der Waals surface area contributed by atoms with Crippen molar-refractivity contribution in [1.82, 2.24) is 15.2 Å². The Hall–Kier alpha value is -3.59. The molecule has 152 valence electrons. The van der Waals surface area contributed by atoms with Gasteiger partial charge >= 0.3 is 0 Å². The second-order valence-electron chi connectivity index (χ2n) is 6.37. The largest absolute Gasteiger partial charge is 0.486 e. The number of aromatic nitrogens is 3. The monoisotopic (exact) mass is 424 g/mol. The molecule has 1 amide bonds. The van der Waals surface area contributed by atoms with Crippen LogP contribution in [-0.2, 0) is 17.8 Å². The molecule has 1 N–H and O–H groups in total. The first kappa shape index (κ1) is 19.7. The normalized spacial score (nSPS) is 10.7. The number of hydrogen-bond acceptors (Lipinski definition) is 7. The molecule has 2 aromatic carbocycles.